The molecule has 0 fully saturated rings. The van der Waals surface area contributed by atoms with Gasteiger partial charge in [0.2, 0.25) is 0 Å². The highest BCUT2D eigenvalue weighted by molar-refractivity contribution is 6.38. The van der Waals surface area contributed by atoms with Crippen molar-refractivity contribution < 1.29 is 9.31 Å². The third kappa shape index (κ3) is 2.69. The monoisotopic (exact) mass is 316 g/mol. The van der Waals surface area contributed by atoms with Crippen LogP contribution in [0.15, 0.2) is 12.1 Å². The van der Waals surface area contributed by atoms with Gasteiger partial charge in [-0.3, -0.25) is 10.1 Å². The van der Waals surface area contributed by atoms with Crippen LogP contribution < -0.4 is 0 Å². The molecular weight excluding hydrogens is 306 g/mol. The molecular formula is C13H11Cl2FN2O2. The Hall–Kier alpha value is -1.46. The molecule has 0 saturated heterocycles. The first kappa shape index (κ1) is 14.9. The second-order valence-corrected chi connectivity index (χ2v) is 5.64. The highest BCUT2D eigenvalue weighted by Crippen LogP contribution is 2.36. The van der Waals surface area contributed by atoms with Gasteiger partial charge >= 0.3 is 5.69 Å². The van der Waals surface area contributed by atoms with Crippen LogP contribution in [0.1, 0.15) is 19.5 Å². The minimum atomic E-state index is -0.632. The van der Waals surface area contributed by atoms with Crippen molar-refractivity contribution in [3.63, 3.8) is 0 Å². The molecule has 0 saturated carbocycles. The van der Waals surface area contributed by atoms with E-state index >= 15 is 0 Å². The molecule has 0 amide bonds. The van der Waals surface area contributed by atoms with Gasteiger partial charge in [0.25, 0.3) is 0 Å². The Morgan fingerprint density at radius 1 is 1.40 bits per heavy atom. The molecule has 106 valence electrons. The molecule has 2 rings (SSSR count). The van der Waals surface area contributed by atoms with Gasteiger partial charge in [0.05, 0.1) is 15.5 Å². The Kier molecular flexibility index (Phi) is 4.11. The van der Waals surface area contributed by atoms with Crippen LogP contribution in [-0.4, -0.2) is 9.91 Å². The highest BCUT2D eigenvalue weighted by atomic mass is 35.5. The van der Waals surface area contributed by atoms with Crippen LogP contribution in [0.5, 0.6) is 0 Å². The number of nitro groups is 1. The number of hydrogen-bond acceptors (Lipinski definition) is 3. The van der Waals surface area contributed by atoms with Gasteiger partial charge in [0, 0.05) is 11.5 Å². The van der Waals surface area contributed by atoms with Crippen LogP contribution in [0, 0.1) is 21.8 Å². The molecule has 20 heavy (non-hydrogen) atoms. The van der Waals surface area contributed by atoms with Gasteiger partial charge in [-0.1, -0.05) is 37.0 Å². The summed E-state index contributed by atoms with van der Waals surface area (Å²) in [6, 6.07) is 2.39. The maximum atomic E-state index is 13.5. The van der Waals surface area contributed by atoms with Gasteiger partial charge in [0.15, 0.2) is 0 Å². The zero-order valence-corrected chi connectivity index (χ0v) is 12.3. The van der Waals surface area contributed by atoms with Crippen LogP contribution in [0.3, 0.4) is 0 Å². The molecule has 0 radical (unpaired) electrons. The Labute approximate surface area is 124 Å². The molecule has 0 bridgehead atoms. The molecule has 0 unspecified atom stereocenters. The van der Waals surface area contributed by atoms with Crippen LogP contribution in [0.2, 0.25) is 10.0 Å². The molecule has 1 aromatic carbocycles. The zero-order valence-electron chi connectivity index (χ0n) is 10.8. The zero-order chi connectivity index (χ0) is 15.0. The van der Waals surface area contributed by atoms with E-state index in [4.69, 9.17) is 23.2 Å². The molecule has 0 spiro atoms. The molecule has 1 aromatic heterocycles. The summed E-state index contributed by atoms with van der Waals surface area (Å²) in [7, 11) is 0. The van der Waals surface area contributed by atoms with Crippen LogP contribution in [-0.2, 0) is 6.42 Å². The molecule has 7 heteroatoms. The Morgan fingerprint density at radius 2 is 2.05 bits per heavy atom. The summed E-state index contributed by atoms with van der Waals surface area (Å²) in [5.41, 5.74) is 0.276. The summed E-state index contributed by atoms with van der Waals surface area (Å²) < 4.78 is 13.5. The van der Waals surface area contributed by atoms with E-state index in [1.807, 2.05) is 13.8 Å². The van der Waals surface area contributed by atoms with Crippen molar-refractivity contribution in [2.75, 3.05) is 0 Å². The van der Waals surface area contributed by atoms with Crippen molar-refractivity contribution in [3.05, 3.63) is 43.8 Å². The van der Waals surface area contributed by atoms with E-state index in [0.29, 0.717) is 6.42 Å². The van der Waals surface area contributed by atoms with E-state index in [1.54, 1.807) is 0 Å². The highest BCUT2D eigenvalue weighted by Gasteiger charge is 2.24. The van der Waals surface area contributed by atoms with Gasteiger partial charge in [-0.25, -0.2) is 9.37 Å². The number of aromatic nitrogens is 1. The number of fused-ring (bicyclic) bond motifs is 1. The SMILES string of the molecule is CC(C)Cc1nc2cc(F)c(Cl)cc2c(Cl)c1[N+](=O)[O-]. The van der Waals surface area contributed by atoms with Crippen LogP contribution >= 0.6 is 23.2 Å². The first-order chi connectivity index (χ1) is 9.31. The third-order valence-corrected chi connectivity index (χ3v) is 3.47. The minimum absolute atomic E-state index is 0.0578. The van der Waals surface area contributed by atoms with E-state index in [1.165, 1.54) is 6.07 Å². The van der Waals surface area contributed by atoms with Gasteiger partial charge in [-0.2, -0.15) is 0 Å². The fraction of sp³-hybridized carbons (Fsp3) is 0.308. The topological polar surface area (TPSA) is 56.0 Å². The van der Waals surface area contributed by atoms with Crippen molar-refractivity contribution in [1.82, 2.24) is 4.98 Å². The average Bonchev–Trinajstić information content (AvgIpc) is 2.31. The normalized spacial score (nSPS) is 11.3. The van der Waals surface area contributed by atoms with Gasteiger partial charge in [0.1, 0.15) is 16.5 Å². The quantitative estimate of drug-likeness (QED) is 0.604. The molecule has 1 heterocycles. The second-order valence-electron chi connectivity index (χ2n) is 4.86. The standard InChI is InChI=1S/C13H11Cl2FN2O2/c1-6(2)3-11-13(18(19)20)12(15)7-4-8(14)9(16)5-10(7)17-11/h4-6H,3H2,1-2H3. The van der Waals surface area contributed by atoms with Crippen molar-refractivity contribution >= 4 is 39.8 Å². The predicted molar refractivity (Wildman–Crippen MR) is 76.9 cm³/mol. The largest absolute Gasteiger partial charge is 0.309 e. The predicted octanol–water partition coefficient (Wildman–Crippen LogP) is 4.79. The van der Waals surface area contributed by atoms with Crippen molar-refractivity contribution in [1.29, 1.82) is 0 Å². The lowest BCUT2D eigenvalue weighted by Crippen LogP contribution is -2.04. The van der Waals surface area contributed by atoms with E-state index in [2.05, 4.69) is 4.98 Å². The molecule has 0 atom stereocenters. The van der Waals surface area contributed by atoms with Crippen molar-refractivity contribution in [3.8, 4) is 0 Å². The Balaban J connectivity index is 2.81. The van der Waals surface area contributed by atoms with Crippen LogP contribution in [0.4, 0.5) is 10.1 Å². The van der Waals surface area contributed by atoms with E-state index in [9.17, 15) is 14.5 Å². The summed E-state index contributed by atoms with van der Waals surface area (Å²) in [4.78, 5) is 14.8. The summed E-state index contributed by atoms with van der Waals surface area (Å²) in [6.45, 7) is 3.82. The summed E-state index contributed by atoms with van der Waals surface area (Å²) in [5, 5.41) is 11.3. The first-order valence-corrected chi connectivity index (χ1v) is 6.68. The molecule has 0 aliphatic heterocycles. The number of hydrogen-bond donors (Lipinski definition) is 0. The number of rotatable bonds is 3. The second kappa shape index (κ2) is 5.50. The smallest absolute Gasteiger partial charge is 0.258 e. The lowest BCUT2D eigenvalue weighted by Gasteiger charge is -2.09. The average molecular weight is 317 g/mol. The third-order valence-electron chi connectivity index (χ3n) is 2.80. The fourth-order valence-corrected chi connectivity index (χ4v) is 2.46. The fourth-order valence-electron chi connectivity index (χ4n) is 1.97. The number of nitrogens with zero attached hydrogens (tertiary/aromatic N) is 2. The lowest BCUT2D eigenvalue weighted by molar-refractivity contribution is -0.385. The summed E-state index contributed by atoms with van der Waals surface area (Å²) in [6.07, 6.45) is 0.385. The summed E-state index contributed by atoms with van der Waals surface area (Å²) in [5.74, 6) is -0.473. The van der Waals surface area contributed by atoms with E-state index < -0.39 is 10.7 Å². The Bertz CT molecular complexity index is 705. The first-order valence-electron chi connectivity index (χ1n) is 5.92. The van der Waals surface area contributed by atoms with Gasteiger partial charge in [-0.15, -0.1) is 0 Å². The summed E-state index contributed by atoms with van der Waals surface area (Å²) >= 11 is 11.8. The van der Waals surface area contributed by atoms with E-state index in [0.717, 1.165) is 6.07 Å². The maximum Gasteiger partial charge on any atom is 0.309 e. The molecule has 2 aromatic rings. The molecule has 0 aliphatic rings. The number of halogens is 3. The number of benzene rings is 1. The molecule has 0 N–H and O–H groups in total. The Morgan fingerprint density at radius 3 is 2.60 bits per heavy atom. The van der Waals surface area contributed by atoms with E-state index in [-0.39, 0.29) is 38.2 Å². The molecule has 0 aliphatic carbocycles. The van der Waals surface area contributed by atoms with Crippen molar-refractivity contribution in [2.45, 2.75) is 20.3 Å². The molecule has 4 nitrogen and oxygen atoms in total. The van der Waals surface area contributed by atoms with Gasteiger partial charge in [-0.05, 0) is 18.4 Å². The van der Waals surface area contributed by atoms with Gasteiger partial charge < -0.3 is 0 Å². The maximum absolute atomic E-state index is 13.5. The number of pyridine rings is 1. The van der Waals surface area contributed by atoms with Crippen molar-refractivity contribution in [2.24, 2.45) is 5.92 Å². The van der Waals surface area contributed by atoms with Crippen LogP contribution in [0.25, 0.3) is 10.9 Å². The lowest BCUT2D eigenvalue weighted by atomic mass is 10.0. The minimum Gasteiger partial charge on any atom is -0.258 e.